The van der Waals surface area contributed by atoms with Crippen LogP contribution in [0.4, 0.5) is 9.59 Å². The zero-order chi connectivity index (χ0) is 22.4. The molecule has 0 bridgehead atoms. The molecule has 32 heavy (non-hydrogen) atoms. The summed E-state index contributed by atoms with van der Waals surface area (Å²) in [5.74, 6) is 2.93. The summed E-state index contributed by atoms with van der Waals surface area (Å²) in [6.45, 7) is 3.49. The predicted octanol–water partition coefficient (Wildman–Crippen LogP) is 5.33. The van der Waals surface area contributed by atoms with E-state index < -0.39 is 0 Å². The van der Waals surface area contributed by atoms with Crippen molar-refractivity contribution < 1.29 is 9.59 Å². The highest BCUT2D eigenvalue weighted by atomic mass is 16.2. The number of hydrogen-bond acceptors (Lipinski definition) is 2. The molecule has 0 aliphatic heterocycles. The zero-order valence-corrected chi connectivity index (χ0v) is 20.3. The number of hydrogen-bond donors (Lipinski definition) is 4. The fourth-order valence-electron chi connectivity index (χ4n) is 5.93. The standard InChI is InChI=1S/2C13H24N2O/c2*16-13(14-9-11-5-1-2-6-11)15-10-12-7-3-4-8-12/h2*11-12H,1-10H2,(H2,14,15,16). The molecule has 184 valence electrons. The summed E-state index contributed by atoms with van der Waals surface area (Å²) in [7, 11) is 0. The number of urea groups is 2. The lowest BCUT2D eigenvalue weighted by Gasteiger charge is -2.13. The van der Waals surface area contributed by atoms with E-state index in [9.17, 15) is 9.59 Å². The van der Waals surface area contributed by atoms with Gasteiger partial charge in [-0.2, -0.15) is 0 Å². The molecule has 0 aromatic rings. The van der Waals surface area contributed by atoms with Gasteiger partial charge in [-0.05, 0) is 75.0 Å². The number of nitrogens with one attached hydrogen (secondary N) is 4. The van der Waals surface area contributed by atoms with Crippen LogP contribution in [0.5, 0.6) is 0 Å². The molecule has 0 aromatic heterocycles. The second-order valence-corrected chi connectivity index (χ2v) is 10.8. The third-order valence-electron chi connectivity index (χ3n) is 8.10. The van der Waals surface area contributed by atoms with Crippen LogP contribution in [0.15, 0.2) is 0 Å². The van der Waals surface area contributed by atoms with E-state index in [4.69, 9.17) is 0 Å². The second-order valence-electron chi connectivity index (χ2n) is 10.8. The Morgan fingerprint density at radius 1 is 0.406 bits per heavy atom. The summed E-state index contributed by atoms with van der Waals surface area (Å²) in [6.07, 6.45) is 21.1. The summed E-state index contributed by atoms with van der Waals surface area (Å²) in [6, 6.07) is 0.0811. The molecule has 0 radical (unpaired) electrons. The monoisotopic (exact) mass is 448 g/mol. The quantitative estimate of drug-likeness (QED) is 0.405. The van der Waals surface area contributed by atoms with Crippen LogP contribution in [0.1, 0.15) is 103 Å². The maximum atomic E-state index is 11.5. The van der Waals surface area contributed by atoms with Crippen LogP contribution in [0.25, 0.3) is 0 Å². The Morgan fingerprint density at radius 2 is 0.594 bits per heavy atom. The Bertz CT molecular complexity index is 440. The zero-order valence-electron chi connectivity index (χ0n) is 20.3. The number of carbonyl (C=O) groups excluding carboxylic acids is 2. The van der Waals surface area contributed by atoms with Crippen LogP contribution in [-0.4, -0.2) is 38.2 Å². The van der Waals surface area contributed by atoms with Crippen LogP contribution >= 0.6 is 0 Å². The first-order valence-corrected chi connectivity index (χ1v) is 13.7. The van der Waals surface area contributed by atoms with Gasteiger partial charge in [0, 0.05) is 26.2 Å². The molecule has 0 atom stereocenters. The van der Waals surface area contributed by atoms with Crippen molar-refractivity contribution in [2.75, 3.05) is 26.2 Å². The van der Waals surface area contributed by atoms with Gasteiger partial charge >= 0.3 is 12.1 Å². The molecule has 4 amide bonds. The third kappa shape index (κ3) is 9.99. The van der Waals surface area contributed by atoms with E-state index in [1.807, 2.05) is 0 Å². The van der Waals surface area contributed by atoms with E-state index in [2.05, 4.69) is 21.3 Å². The molecule has 4 fully saturated rings. The van der Waals surface area contributed by atoms with Gasteiger partial charge < -0.3 is 21.3 Å². The summed E-state index contributed by atoms with van der Waals surface area (Å²) in [5.41, 5.74) is 0. The first-order valence-electron chi connectivity index (χ1n) is 13.7. The minimum Gasteiger partial charge on any atom is -0.338 e. The van der Waals surface area contributed by atoms with Gasteiger partial charge in [0.2, 0.25) is 0 Å². The van der Waals surface area contributed by atoms with Crippen molar-refractivity contribution in [3.05, 3.63) is 0 Å². The molecule has 4 aliphatic carbocycles. The molecule has 4 aliphatic rings. The van der Waals surface area contributed by atoms with Crippen molar-refractivity contribution in [1.29, 1.82) is 0 Å². The molecule has 4 N–H and O–H groups in total. The molecular weight excluding hydrogens is 400 g/mol. The van der Waals surface area contributed by atoms with Crippen LogP contribution in [-0.2, 0) is 0 Å². The van der Waals surface area contributed by atoms with Crippen LogP contribution < -0.4 is 21.3 Å². The highest BCUT2D eigenvalue weighted by Gasteiger charge is 2.19. The van der Waals surface area contributed by atoms with Crippen molar-refractivity contribution in [3.63, 3.8) is 0 Å². The van der Waals surface area contributed by atoms with Gasteiger partial charge in [-0.3, -0.25) is 0 Å². The highest BCUT2D eigenvalue weighted by molar-refractivity contribution is 5.74. The molecule has 6 nitrogen and oxygen atoms in total. The van der Waals surface area contributed by atoms with Gasteiger partial charge in [-0.15, -0.1) is 0 Å². The molecule has 6 heteroatoms. The molecule has 0 saturated heterocycles. The van der Waals surface area contributed by atoms with Crippen LogP contribution in [0.3, 0.4) is 0 Å². The summed E-state index contributed by atoms with van der Waals surface area (Å²) in [5, 5.41) is 12.0. The van der Waals surface area contributed by atoms with Gasteiger partial charge in [0.1, 0.15) is 0 Å². The Morgan fingerprint density at radius 3 is 0.781 bits per heavy atom. The van der Waals surface area contributed by atoms with E-state index in [1.54, 1.807) is 0 Å². The van der Waals surface area contributed by atoms with Gasteiger partial charge in [-0.1, -0.05) is 51.4 Å². The van der Waals surface area contributed by atoms with E-state index in [0.29, 0.717) is 0 Å². The Labute approximate surface area is 195 Å². The predicted molar refractivity (Wildman–Crippen MR) is 131 cm³/mol. The van der Waals surface area contributed by atoms with Gasteiger partial charge in [-0.25, -0.2) is 9.59 Å². The Balaban J connectivity index is 0.000000181. The molecule has 0 aromatic carbocycles. The number of amides is 4. The summed E-state index contributed by atoms with van der Waals surface area (Å²) in [4.78, 5) is 23.1. The fraction of sp³-hybridized carbons (Fsp3) is 0.923. The molecule has 4 saturated carbocycles. The average Bonchev–Trinajstić information content (AvgIpc) is 3.62. The normalized spacial score (nSPS) is 22.5. The maximum absolute atomic E-state index is 11.5. The van der Waals surface area contributed by atoms with Crippen molar-refractivity contribution in [1.82, 2.24) is 21.3 Å². The van der Waals surface area contributed by atoms with Gasteiger partial charge in [0.15, 0.2) is 0 Å². The first kappa shape index (κ1) is 25.2. The lowest BCUT2D eigenvalue weighted by Crippen LogP contribution is -2.39. The van der Waals surface area contributed by atoms with Crippen molar-refractivity contribution in [2.45, 2.75) is 103 Å². The Kier molecular flexibility index (Phi) is 11.5. The maximum Gasteiger partial charge on any atom is 0.314 e. The largest absolute Gasteiger partial charge is 0.338 e. The molecule has 4 rings (SSSR count). The van der Waals surface area contributed by atoms with Crippen molar-refractivity contribution >= 4 is 12.1 Å². The molecule has 0 heterocycles. The van der Waals surface area contributed by atoms with Crippen LogP contribution in [0, 0.1) is 23.7 Å². The number of carbonyl (C=O) groups is 2. The minimum absolute atomic E-state index is 0.0406. The third-order valence-corrected chi connectivity index (χ3v) is 8.10. The minimum atomic E-state index is 0.0406. The van der Waals surface area contributed by atoms with E-state index in [-0.39, 0.29) is 12.1 Å². The molecule has 0 unspecified atom stereocenters. The van der Waals surface area contributed by atoms with Crippen molar-refractivity contribution in [3.8, 4) is 0 Å². The molecule has 0 spiro atoms. The van der Waals surface area contributed by atoms with E-state index >= 15 is 0 Å². The topological polar surface area (TPSA) is 82.3 Å². The van der Waals surface area contributed by atoms with E-state index in [0.717, 1.165) is 49.9 Å². The summed E-state index contributed by atoms with van der Waals surface area (Å²) < 4.78 is 0. The Hall–Kier alpha value is -1.46. The smallest absolute Gasteiger partial charge is 0.314 e. The lowest BCUT2D eigenvalue weighted by molar-refractivity contribution is 0.236. The van der Waals surface area contributed by atoms with Gasteiger partial charge in [0.05, 0.1) is 0 Å². The average molecular weight is 449 g/mol. The molecular formula is C26H48N4O2. The van der Waals surface area contributed by atoms with Crippen molar-refractivity contribution in [2.24, 2.45) is 23.7 Å². The van der Waals surface area contributed by atoms with Crippen LogP contribution in [0.2, 0.25) is 0 Å². The highest BCUT2D eigenvalue weighted by Crippen LogP contribution is 2.25. The SMILES string of the molecule is O=C(NCC1CCCC1)NCC1CCCC1.O=C(NCC1CCCC1)NCC1CCCC1. The summed E-state index contributed by atoms with van der Waals surface area (Å²) >= 11 is 0. The first-order chi connectivity index (χ1) is 15.7. The fourth-order valence-corrected chi connectivity index (χ4v) is 5.93. The second kappa shape index (κ2) is 14.6. The lowest BCUT2D eigenvalue weighted by atomic mass is 10.1. The number of rotatable bonds is 8. The van der Waals surface area contributed by atoms with Gasteiger partial charge in [0.25, 0.3) is 0 Å². The van der Waals surface area contributed by atoms with E-state index in [1.165, 1.54) is 103 Å².